The van der Waals surface area contributed by atoms with Crippen LogP contribution in [0.1, 0.15) is 33.6 Å². The summed E-state index contributed by atoms with van der Waals surface area (Å²) in [4.78, 5) is 0. The Morgan fingerprint density at radius 3 is 2.25 bits per heavy atom. The minimum Gasteiger partial charge on any atom is -0.395 e. The van der Waals surface area contributed by atoms with E-state index in [0.717, 1.165) is 5.92 Å². The predicted molar refractivity (Wildman–Crippen MR) is 51.0 cm³/mol. The monoisotopic (exact) mass is 171 g/mol. The Bertz CT molecular complexity index is 130. The van der Waals surface area contributed by atoms with Crippen LogP contribution in [-0.4, -0.2) is 23.8 Å². The molecule has 1 saturated carbocycles. The van der Waals surface area contributed by atoms with Gasteiger partial charge in [0.25, 0.3) is 0 Å². The highest BCUT2D eigenvalue weighted by atomic mass is 16.3. The largest absolute Gasteiger partial charge is 0.395 e. The Balaban J connectivity index is 2.32. The van der Waals surface area contributed by atoms with Crippen LogP contribution in [-0.2, 0) is 0 Å². The minimum absolute atomic E-state index is 0.246. The SMILES string of the molecule is CC(C)C(N[C@@H](C)CO)C1CC1. The van der Waals surface area contributed by atoms with Crippen LogP contribution in [0.4, 0.5) is 0 Å². The quantitative estimate of drug-likeness (QED) is 0.655. The van der Waals surface area contributed by atoms with Crippen LogP contribution in [0, 0.1) is 11.8 Å². The van der Waals surface area contributed by atoms with E-state index in [1.54, 1.807) is 0 Å². The van der Waals surface area contributed by atoms with Gasteiger partial charge in [0, 0.05) is 12.1 Å². The fourth-order valence-electron chi connectivity index (χ4n) is 1.71. The van der Waals surface area contributed by atoms with Gasteiger partial charge in [-0.15, -0.1) is 0 Å². The lowest BCUT2D eigenvalue weighted by Crippen LogP contribution is -2.43. The molecule has 0 spiro atoms. The van der Waals surface area contributed by atoms with Gasteiger partial charge >= 0.3 is 0 Å². The van der Waals surface area contributed by atoms with Crippen molar-refractivity contribution >= 4 is 0 Å². The maximum Gasteiger partial charge on any atom is 0.0582 e. The van der Waals surface area contributed by atoms with Crippen LogP contribution in [0.3, 0.4) is 0 Å². The molecule has 0 aromatic rings. The molecule has 1 aliphatic rings. The summed E-state index contributed by atoms with van der Waals surface area (Å²) in [5.41, 5.74) is 0. The first-order valence-electron chi connectivity index (χ1n) is 5.02. The lowest BCUT2D eigenvalue weighted by molar-refractivity contribution is 0.221. The summed E-state index contributed by atoms with van der Waals surface area (Å²) in [6.07, 6.45) is 2.74. The average Bonchev–Trinajstić information content (AvgIpc) is 2.81. The predicted octanol–water partition coefficient (Wildman–Crippen LogP) is 1.39. The standard InChI is InChI=1S/C10H21NO/c1-7(2)10(9-4-5-9)11-8(3)6-12/h7-12H,4-6H2,1-3H3/t8-,10?/m0/s1. The minimum atomic E-state index is 0.246. The summed E-state index contributed by atoms with van der Waals surface area (Å²) >= 11 is 0. The molecular weight excluding hydrogens is 150 g/mol. The second kappa shape index (κ2) is 4.24. The highest BCUT2D eigenvalue weighted by Gasteiger charge is 2.33. The number of rotatable bonds is 5. The zero-order chi connectivity index (χ0) is 9.14. The van der Waals surface area contributed by atoms with Crippen molar-refractivity contribution in [2.75, 3.05) is 6.61 Å². The van der Waals surface area contributed by atoms with Crippen molar-refractivity contribution in [3.05, 3.63) is 0 Å². The average molecular weight is 171 g/mol. The van der Waals surface area contributed by atoms with Gasteiger partial charge in [0.05, 0.1) is 6.61 Å². The smallest absolute Gasteiger partial charge is 0.0582 e. The van der Waals surface area contributed by atoms with Crippen LogP contribution in [0.25, 0.3) is 0 Å². The first-order valence-corrected chi connectivity index (χ1v) is 5.02. The summed E-state index contributed by atoms with van der Waals surface area (Å²) in [5, 5.41) is 12.4. The Morgan fingerprint density at radius 1 is 1.33 bits per heavy atom. The second-order valence-corrected chi connectivity index (χ2v) is 4.36. The second-order valence-electron chi connectivity index (χ2n) is 4.36. The van der Waals surface area contributed by atoms with E-state index in [1.165, 1.54) is 12.8 Å². The van der Waals surface area contributed by atoms with E-state index in [9.17, 15) is 0 Å². The van der Waals surface area contributed by atoms with Gasteiger partial charge in [-0.05, 0) is 31.6 Å². The summed E-state index contributed by atoms with van der Waals surface area (Å²) < 4.78 is 0. The van der Waals surface area contributed by atoms with E-state index in [2.05, 4.69) is 19.2 Å². The molecule has 0 amide bonds. The first-order chi connectivity index (χ1) is 5.65. The molecule has 0 saturated heterocycles. The maximum absolute atomic E-state index is 8.91. The third-order valence-corrected chi connectivity index (χ3v) is 2.60. The van der Waals surface area contributed by atoms with E-state index in [0.29, 0.717) is 12.0 Å². The van der Waals surface area contributed by atoms with Gasteiger partial charge in [-0.1, -0.05) is 13.8 Å². The zero-order valence-corrected chi connectivity index (χ0v) is 8.38. The number of hydrogen-bond acceptors (Lipinski definition) is 2. The molecule has 1 unspecified atom stereocenters. The maximum atomic E-state index is 8.91. The molecule has 72 valence electrons. The molecule has 0 aromatic heterocycles. The van der Waals surface area contributed by atoms with Crippen molar-refractivity contribution < 1.29 is 5.11 Å². The topological polar surface area (TPSA) is 32.3 Å². The zero-order valence-electron chi connectivity index (χ0n) is 8.38. The molecule has 0 bridgehead atoms. The lowest BCUT2D eigenvalue weighted by atomic mass is 9.99. The van der Waals surface area contributed by atoms with Crippen molar-refractivity contribution in [3.8, 4) is 0 Å². The van der Waals surface area contributed by atoms with Crippen molar-refractivity contribution in [3.63, 3.8) is 0 Å². The molecule has 2 heteroatoms. The van der Waals surface area contributed by atoms with E-state index in [-0.39, 0.29) is 12.6 Å². The van der Waals surface area contributed by atoms with E-state index in [1.807, 2.05) is 6.92 Å². The Kier molecular flexibility index (Phi) is 3.53. The van der Waals surface area contributed by atoms with Crippen LogP contribution < -0.4 is 5.32 Å². The molecule has 1 aliphatic carbocycles. The molecule has 0 heterocycles. The van der Waals surface area contributed by atoms with Crippen LogP contribution >= 0.6 is 0 Å². The molecule has 1 fully saturated rings. The third-order valence-electron chi connectivity index (χ3n) is 2.60. The van der Waals surface area contributed by atoms with E-state index < -0.39 is 0 Å². The van der Waals surface area contributed by atoms with Crippen molar-refractivity contribution in [1.29, 1.82) is 0 Å². The number of hydrogen-bond donors (Lipinski definition) is 2. The normalized spacial score (nSPS) is 22.8. The molecular formula is C10H21NO. The van der Waals surface area contributed by atoms with Gasteiger partial charge in [0.15, 0.2) is 0 Å². The number of aliphatic hydroxyl groups is 1. The van der Waals surface area contributed by atoms with Gasteiger partial charge in [-0.25, -0.2) is 0 Å². The highest BCUT2D eigenvalue weighted by molar-refractivity contribution is 4.89. The molecule has 0 aliphatic heterocycles. The van der Waals surface area contributed by atoms with Gasteiger partial charge in [-0.3, -0.25) is 0 Å². The molecule has 0 aromatic carbocycles. The van der Waals surface area contributed by atoms with E-state index in [4.69, 9.17) is 5.11 Å². The van der Waals surface area contributed by atoms with Gasteiger partial charge in [-0.2, -0.15) is 0 Å². The fourth-order valence-corrected chi connectivity index (χ4v) is 1.71. The van der Waals surface area contributed by atoms with Crippen LogP contribution in [0.5, 0.6) is 0 Å². The summed E-state index contributed by atoms with van der Waals surface area (Å²) in [6.45, 7) is 6.79. The third kappa shape index (κ3) is 2.76. The summed E-state index contributed by atoms with van der Waals surface area (Å²) in [6, 6.07) is 0.866. The molecule has 2 N–H and O–H groups in total. The van der Waals surface area contributed by atoms with Gasteiger partial charge in [0.1, 0.15) is 0 Å². The molecule has 12 heavy (non-hydrogen) atoms. The van der Waals surface area contributed by atoms with Gasteiger partial charge in [0.2, 0.25) is 0 Å². The van der Waals surface area contributed by atoms with E-state index >= 15 is 0 Å². The molecule has 0 radical (unpaired) electrons. The fraction of sp³-hybridized carbons (Fsp3) is 1.00. The van der Waals surface area contributed by atoms with Crippen LogP contribution in [0.2, 0.25) is 0 Å². The molecule has 2 nitrogen and oxygen atoms in total. The Labute approximate surface area is 75.4 Å². The molecule has 1 rings (SSSR count). The Morgan fingerprint density at radius 2 is 1.92 bits per heavy atom. The first kappa shape index (κ1) is 10.0. The summed E-state index contributed by atoms with van der Waals surface area (Å²) in [5.74, 6) is 1.56. The number of aliphatic hydroxyl groups excluding tert-OH is 1. The summed E-state index contributed by atoms with van der Waals surface area (Å²) in [7, 11) is 0. The van der Waals surface area contributed by atoms with Crippen molar-refractivity contribution in [1.82, 2.24) is 5.32 Å². The Hall–Kier alpha value is -0.0800. The van der Waals surface area contributed by atoms with Crippen LogP contribution in [0.15, 0.2) is 0 Å². The number of nitrogens with one attached hydrogen (secondary N) is 1. The molecule has 2 atom stereocenters. The highest BCUT2D eigenvalue weighted by Crippen LogP contribution is 2.35. The van der Waals surface area contributed by atoms with Crippen molar-refractivity contribution in [2.24, 2.45) is 11.8 Å². The van der Waals surface area contributed by atoms with Gasteiger partial charge < -0.3 is 10.4 Å². The lowest BCUT2D eigenvalue weighted by Gasteiger charge is -2.25. The van der Waals surface area contributed by atoms with Crippen molar-refractivity contribution in [2.45, 2.75) is 45.7 Å².